The second kappa shape index (κ2) is 8.50. The highest BCUT2D eigenvalue weighted by molar-refractivity contribution is 6.26. The van der Waals surface area contributed by atoms with Crippen molar-refractivity contribution in [2.75, 3.05) is 10.2 Å². The summed E-state index contributed by atoms with van der Waals surface area (Å²) in [5, 5.41) is 3.15. The first-order valence-corrected chi connectivity index (χ1v) is 13.5. The predicted molar refractivity (Wildman–Crippen MR) is 151 cm³/mol. The fraction of sp³-hybridized carbons (Fsp3) is 0.206. The largest absolute Gasteiger partial charge is 0.325 e. The molecule has 1 saturated heterocycles. The number of carbonyl (C=O) groups excluding carboxylic acids is 3. The quantitative estimate of drug-likeness (QED) is 0.354. The van der Waals surface area contributed by atoms with Gasteiger partial charge < -0.3 is 5.32 Å². The first kappa shape index (κ1) is 23.6. The third-order valence-corrected chi connectivity index (χ3v) is 8.89. The Morgan fingerprint density at radius 1 is 0.795 bits per heavy atom. The molecule has 0 unspecified atom stereocenters. The van der Waals surface area contributed by atoms with Crippen LogP contribution < -0.4 is 10.2 Å². The van der Waals surface area contributed by atoms with Gasteiger partial charge in [0, 0.05) is 11.6 Å². The fourth-order valence-electron chi connectivity index (χ4n) is 7.16. The zero-order valence-corrected chi connectivity index (χ0v) is 21.8. The number of anilines is 2. The molecule has 5 nitrogen and oxygen atoms in total. The molecule has 2 atom stereocenters. The average molecular weight is 513 g/mol. The number of hydrogen-bond donors (Lipinski definition) is 1. The molecule has 5 heteroatoms. The lowest BCUT2D eigenvalue weighted by molar-refractivity contribution is -0.132. The van der Waals surface area contributed by atoms with Crippen molar-refractivity contribution >= 4 is 29.1 Å². The zero-order chi connectivity index (χ0) is 26.9. The summed E-state index contributed by atoms with van der Waals surface area (Å²) in [6.07, 6.45) is 0.898. The SMILES string of the molecule is CCc1ccc(NC(=O)C23c4ccccc4C(c4ccccc42)[C@H]2C(=O)N(c4ccc(C)cc4)C(=O)[C@@H]23)cc1. The van der Waals surface area contributed by atoms with E-state index >= 15 is 0 Å². The van der Waals surface area contributed by atoms with Crippen LogP contribution in [0.5, 0.6) is 0 Å². The van der Waals surface area contributed by atoms with Gasteiger partial charge in [0.1, 0.15) is 5.41 Å². The van der Waals surface area contributed by atoms with Gasteiger partial charge in [-0.3, -0.25) is 14.4 Å². The van der Waals surface area contributed by atoms with Crippen molar-refractivity contribution in [2.45, 2.75) is 31.6 Å². The van der Waals surface area contributed by atoms with Crippen LogP contribution in [0.15, 0.2) is 97.1 Å². The lowest BCUT2D eigenvalue weighted by Gasteiger charge is -2.52. The van der Waals surface area contributed by atoms with Crippen LogP contribution in [0.1, 0.15) is 46.2 Å². The van der Waals surface area contributed by atoms with Gasteiger partial charge in [0.15, 0.2) is 0 Å². The van der Waals surface area contributed by atoms with E-state index in [9.17, 15) is 14.4 Å². The number of aryl methyl sites for hydroxylation is 2. The number of hydrogen-bond acceptors (Lipinski definition) is 3. The van der Waals surface area contributed by atoms with E-state index in [-0.39, 0.29) is 23.6 Å². The Labute approximate surface area is 227 Å². The van der Waals surface area contributed by atoms with Crippen molar-refractivity contribution < 1.29 is 14.4 Å². The molecule has 39 heavy (non-hydrogen) atoms. The minimum absolute atomic E-state index is 0.243. The molecule has 1 heterocycles. The van der Waals surface area contributed by atoms with Gasteiger partial charge in [-0.2, -0.15) is 0 Å². The summed E-state index contributed by atoms with van der Waals surface area (Å²) in [6, 6.07) is 30.9. The van der Waals surface area contributed by atoms with E-state index in [2.05, 4.69) is 12.2 Å². The van der Waals surface area contributed by atoms with Crippen LogP contribution in [0.3, 0.4) is 0 Å². The van der Waals surface area contributed by atoms with E-state index in [0.29, 0.717) is 11.4 Å². The van der Waals surface area contributed by atoms with E-state index in [1.807, 2.05) is 104 Å². The van der Waals surface area contributed by atoms with Crippen LogP contribution in [0.25, 0.3) is 0 Å². The smallest absolute Gasteiger partial charge is 0.240 e. The van der Waals surface area contributed by atoms with Gasteiger partial charge in [-0.15, -0.1) is 0 Å². The lowest BCUT2D eigenvalue weighted by atomic mass is 9.47. The summed E-state index contributed by atoms with van der Waals surface area (Å²) < 4.78 is 0. The number of benzene rings is 4. The molecule has 8 rings (SSSR count). The van der Waals surface area contributed by atoms with Crippen LogP contribution in [-0.4, -0.2) is 17.7 Å². The van der Waals surface area contributed by atoms with Gasteiger partial charge in [-0.1, -0.05) is 85.3 Å². The molecule has 3 amide bonds. The molecule has 0 aromatic heterocycles. The topological polar surface area (TPSA) is 66.5 Å². The van der Waals surface area contributed by atoms with E-state index in [4.69, 9.17) is 0 Å². The zero-order valence-electron chi connectivity index (χ0n) is 21.8. The number of nitrogens with zero attached hydrogens (tertiary/aromatic N) is 1. The molecule has 2 bridgehead atoms. The minimum Gasteiger partial charge on any atom is -0.325 e. The summed E-state index contributed by atoms with van der Waals surface area (Å²) in [7, 11) is 0. The molecule has 0 spiro atoms. The highest BCUT2D eigenvalue weighted by Gasteiger charge is 2.71. The Morgan fingerprint density at radius 2 is 1.38 bits per heavy atom. The number of imide groups is 1. The van der Waals surface area contributed by atoms with Crippen molar-refractivity contribution in [3.8, 4) is 0 Å². The molecule has 0 saturated carbocycles. The summed E-state index contributed by atoms with van der Waals surface area (Å²) in [5.74, 6) is -2.67. The second-order valence-corrected chi connectivity index (χ2v) is 10.8. The van der Waals surface area contributed by atoms with E-state index < -0.39 is 17.3 Å². The molecular formula is C34H28N2O3. The van der Waals surface area contributed by atoms with Crippen molar-refractivity contribution in [2.24, 2.45) is 11.8 Å². The molecule has 1 aliphatic heterocycles. The van der Waals surface area contributed by atoms with Crippen molar-refractivity contribution in [3.05, 3.63) is 130 Å². The average Bonchev–Trinajstić information content (AvgIpc) is 3.24. The maximum atomic E-state index is 14.7. The Balaban J connectivity index is 1.46. The summed E-state index contributed by atoms with van der Waals surface area (Å²) in [5.41, 5.74) is 5.59. The molecular weight excluding hydrogens is 484 g/mol. The van der Waals surface area contributed by atoms with Gasteiger partial charge in [0.25, 0.3) is 0 Å². The maximum Gasteiger partial charge on any atom is 0.240 e. The second-order valence-electron chi connectivity index (χ2n) is 10.8. The predicted octanol–water partition coefficient (Wildman–Crippen LogP) is 5.75. The van der Waals surface area contributed by atoms with Gasteiger partial charge in [-0.25, -0.2) is 4.90 Å². The van der Waals surface area contributed by atoms with Crippen LogP contribution in [0.2, 0.25) is 0 Å². The van der Waals surface area contributed by atoms with Gasteiger partial charge in [0.05, 0.1) is 17.5 Å². The normalized spacial score (nSPS) is 24.3. The Hall–Kier alpha value is -4.51. The Kier molecular flexibility index (Phi) is 5.14. The van der Waals surface area contributed by atoms with E-state index in [0.717, 1.165) is 34.2 Å². The third kappa shape index (κ3) is 3.10. The number of carbonyl (C=O) groups is 3. The molecule has 0 radical (unpaired) electrons. The molecule has 4 aromatic rings. The monoisotopic (exact) mass is 512 g/mol. The van der Waals surface area contributed by atoms with Crippen LogP contribution in [0.4, 0.5) is 11.4 Å². The third-order valence-electron chi connectivity index (χ3n) is 8.89. The summed E-state index contributed by atoms with van der Waals surface area (Å²) in [4.78, 5) is 44.7. The van der Waals surface area contributed by atoms with Gasteiger partial charge >= 0.3 is 0 Å². The van der Waals surface area contributed by atoms with Crippen molar-refractivity contribution in [3.63, 3.8) is 0 Å². The van der Waals surface area contributed by atoms with Crippen molar-refractivity contribution in [1.29, 1.82) is 0 Å². The van der Waals surface area contributed by atoms with E-state index in [1.54, 1.807) is 0 Å². The Bertz CT molecular complexity index is 1610. The van der Waals surface area contributed by atoms with E-state index in [1.165, 1.54) is 10.5 Å². The fourth-order valence-corrected chi connectivity index (χ4v) is 7.16. The molecule has 4 aromatic carbocycles. The first-order valence-electron chi connectivity index (χ1n) is 13.5. The molecule has 4 aliphatic rings. The van der Waals surface area contributed by atoms with Crippen LogP contribution in [-0.2, 0) is 26.2 Å². The standard InChI is InChI=1S/C34H28N2O3/c1-3-21-14-16-22(17-15-21)35-33(39)34-26-10-6-4-8-24(26)28(25-9-5-7-11-27(25)34)29-30(34)32(38)36(31(29)37)23-18-12-20(2)13-19-23/h4-19,28-30H,3H2,1-2H3,(H,35,39)/t28?,29-,30-,34?/m1/s1. The minimum atomic E-state index is -1.35. The maximum absolute atomic E-state index is 14.7. The molecule has 3 aliphatic carbocycles. The van der Waals surface area contributed by atoms with Crippen molar-refractivity contribution in [1.82, 2.24) is 0 Å². The van der Waals surface area contributed by atoms with Crippen LogP contribution in [0, 0.1) is 18.8 Å². The Morgan fingerprint density at radius 3 is 1.97 bits per heavy atom. The lowest BCUT2D eigenvalue weighted by Crippen LogP contribution is -2.59. The highest BCUT2D eigenvalue weighted by atomic mass is 16.2. The molecule has 192 valence electrons. The summed E-state index contributed by atoms with van der Waals surface area (Å²) in [6.45, 7) is 4.06. The number of nitrogens with one attached hydrogen (secondary N) is 1. The van der Waals surface area contributed by atoms with Gasteiger partial charge in [0.2, 0.25) is 17.7 Å². The first-order chi connectivity index (χ1) is 19.0. The number of amides is 3. The molecule has 1 N–H and O–H groups in total. The van der Waals surface area contributed by atoms with Crippen LogP contribution >= 0.6 is 0 Å². The number of rotatable bonds is 4. The molecule has 1 fully saturated rings. The summed E-state index contributed by atoms with van der Waals surface area (Å²) >= 11 is 0. The van der Waals surface area contributed by atoms with Gasteiger partial charge in [-0.05, 0) is 65.4 Å². The highest BCUT2D eigenvalue weighted by Crippen LogP contribution is 2.64.